The van der Waals surface area contributed by atoms with Crippen LogP contribution in [0.4, 0.5) is 5.82 Å². The second kappa shape index (κ2) is 3.65. The van der Waals surface area contributed by atoms with Crippen LogP contribution in [-0.2, 0) is 0 Å². The molecule has 0 atom stereocenters. The van der Waals surface area contributed by atoms with E-state index in [4.69, 9.17) is 0 Å². The fraction of sp³-hybridized carbons (Fsp3) is 0.250. The quantitative estimate of drug-likeness (QED) is 0.417. The molecule has 0 spiro atoms. The predicted molar refractivity (Wildman–Crippen MR) is 42.0 cm³/mol. The zero-order valence-corrected chi connectivity index (χ0v) is 6.89. The van der Waals surface area contributed by atoms with Crippen LogP contribution < -0.4 is 0 Å². The van der Waals surface area contributed by atoms with Gasteiger partial charge in [-0.2, -0.15) is 4.98 Å². The number of nitrogens with zero attached hydrogens (tertiary/aromatic N) is 4. The maximum Gasteiger partial charge on any atom is 0.501 e. The molecule has 80 valence electrons. The normalized spacial score (nSPS) is 10.2. The highest BCUT2D eigenvalue weighted by atomic mass is 16.7. The molecular weight excluding hydrogens is 214 g/mol. The summed E-state index contributed by atoms with van der Waals surface area (Å²) in [4.78, 5) is 32.6. The zero-order chi connectivity index (χ0) is 11.6. The average Bonchev–Trinajstić information content (AvgIpc) is 2.51. The minimum absolute atomic E-state index is 0.785. The molecule has 0 aliphatic heterocycles. The first-order chi connectivity index (χ1) is 6.95. The SMILES string of the molecule is O=[N+]([O-])c1[nH]cnc1C([N+](=O)[O-])[N+](=O)[O-]. The third-order valence-electron chi connectivity index (χ3n) is 1.47. The number of nitro groups is 3. The van der Waals surface area contributed by atoms with Crippen molar-refractivity contribution in [3.63, 3.8) is 0 Å². The third-order valence-corrected chi connectivity index (χ3v) is 1.47. The third kappa shape index (κ3) is 1.84. The van der Waals surface area contributed by atoms with Crippen LogP contribution >= 0.6 is 0 Å². The van der Waals surface area contributed by atoms with E-state index in [0.29, 0.717) is 0 Å². The minimum Gasteiger partial charge on any atom is -0.358 e. The molecule has 0 aliphatic carbocycles. The van der Waals surface area contributed by atoms with E-state index in [2.05, 4.69) is 4.98 Å². The van der Waals surface area contributed by atoms with Crippen molar-refractivity contribution in [1.29, 1.82) is 0 Å². The number of hydrogen-bond donors (Lipinski definition) is 1. The van der Waals surface area contributed by atoms with Crippen molar-refractivity contribution in [3.05, 3.63) is 42.4 Å². The summed E-state index contributed by atoms with van der Waals surface area (Å²) in [5.74, 6) is -0.853. The van der Waals surface area contributed by atoms with Crippen LogP contribution in [0.1, 0.15) is 11.9 Å². The van der Waals surface area contributed by atoms with Gasteiger partial charge in [-0.1, -0.05) is 0 Å². The summed E-state index contributed by atoms with van der Waals surface area (Å²) < 4.78 is 0. The first kappa shape index (κ1) is 10.5. The van der Waals surface area contributed by atoms with Crippen molar-refractivity contribution in [2.24, 2.45) is 0 Å². The molecule has 15 heavy (non-hydrogen) atoms. The molecule has 0 radical (unpaired) electrons. The van der Waals surface area contributed by atoms with Crippen LogP contribution in [-0.4, -0.2) is 24.7 Å². The molecule has 1 rings (SSSR count). The topological polar surface area (TPSA) is 158 Å². The number of imidazole rings is 1. The minimum atomic E-state index is -2.43. The summed E-state index contributed by atoms with van der Waals surface area (Å²) in [6.45, 7) is 0. The fourth-order valence-corrected chi connectivity index (χ4v) is 0.910. The van der Waals surface area contributed by atoms with E-state index < -0.39 is 32.4 Å². The number of rotatable bonds is 4. The lowest BCUT2D eigenvalue weighted by molar-refractivity contribution is -0.753. The zero-order valence-electron chi connectivity index (χ0n) is 6.89. The predicted octanol–water partition coefficient (Wildman–Crippen LogP) is -0.130. The highest BCUT2D eigenvalue weighted by molar-refractivity contribution is 5.26. The van der Waals surface area contributed by atoms with Gasteiger partial charge >= 0.3 is 12.0 Å². The molecule has 1 N–H and O–H groups in total. The van der Waals surface area contributed by atoms with Gasteiger partial charge in [-0.3, -0.25) is 20.2 Å². The van der Waals surface area contributed by atoms with Crippen molar-refractivity contribution in [2.45, 2.75) is 6.17 Å². The number of aromatic nitrogens is 2. The van der Waals surface area contributed by atoms with Gasteiger partial charge in [0.1, 0.15) is 9.85 Å². The Hall–Kier alpha value is -2.59. The van der Waals surface area contributed by atoms with Gasteiger partial charge < -0.3 is 10.1 Å². The summed E-state index contributed by atoms with van der Waals surface area (Å²) in [7, 11) is 0. The maximum absolute atomic E-state index is 10.3. The Labute approximate surface area is 80.2 Å². The van der Waals surface area contributed by atoms with Crippen LogP contribution in [0.15, 0.2) is 6.33 Å². The standard InChI is InChI=1S/C4H3N5O6/c10-7(11)3-2(5-1-6-3)4(8(12)13)9(14)15/h1,4H,(H,5,6). The highest BCUT2D eigenvalue weighted by Crippen LogP contribution is 2.23. The Morgan fingerprint density at radius 1 is 1.20 bits per heavy atom. The van der Waals surface area contributed by atoms with Gasteiger partial charge in [-0.05, 0) is 4.92 Å². The molecule has 1 aromatic heterocycles. The molecule has 0 amide bonds. The molecule has 1 heterocycles. The monoisotopic (exact) mass is 217 g/mol. The van der Waals surface area contributed by atoms with E-state index in [-0.39, 0.29) is 0 Å². The van der Waals surface area contributed by atoms with E-state index >= 15 is 0 Å². The summed E-state index contributed by atoms with van der Waals surface area (Å²) in [5, 5.41) is 30.9. The maximum atomic E-state index is 10.3. The summed E-state index contributed by atoms with van der Waals surface area (Å²) in [5.41, 5.74) is -0.824. The molecule has 0 aromatic carbocycles. The Balaban J connectivity index is 3.23. The average molecular weight is 217 g/mol. The Kier molecular flexibility index (Phi) is 2.55. The first-order valence-electron chi connectivity index (χ1n) is 3.39. The van der Waals surface area contributed by atoms with Gasteiger partial charge in [0.2, 0.25) is 0 Å². The summed E-state index contributed by atoms with van der Waals surface area (Å²) in [6.07, 6.45) is -1.65. The number of aromatic amines is 1. The van der Waals surface area contributed by atoms with Gasteiger partial charge in [0.05, 0.1) is 0 Å². The largest absolute Gasteiger partial charge is 0.501 e. The van der Waals surface area contributed by atoms with E-state index in [1.807, 2.05) is 4.98 Å². The van der Waals surface area contributed by atoms with Gasteiger partial charge in [-0.25, -0.2) is 4.98 Å². The Morgan fingerprint density at radius 3 is 2.13 bits per heavy atom. The molecule has 0 bridgehead atoms. The molecular formula is C4H3N5O6. The number of H-pyrrole nitrogens is 1. The lowest BCUT2D eigenvalue weighted by atomic mass is 10.3. The molecule has 0 saturated heterocycles. The second-order valence-electron chi connectivity index (χ2n) is 2.34. The Morgan fingerprint density at radius 2 is 1.73 bits per heavy atom. The number of hydrogen-bond acceptors (Lipinski definition) is 7. The van der Waals surface area contributed by atoms with Crippen molar-refractivity contribution in [1.82, 2.24) is 9.97 Å². The van der Waals surface area contributed by atoms with Crippen molar-refractivity contribution in [2.75, 3.05) is 0 Å². The van der Waals surface area contributed by atoms with E-state index in [1.165, 1.54) is 0 Å². The van der Waals surface area contributed by atoms with Crippen molar-refractivity contribution < 1.29 is 14.8 Å². The van der Waals surface area contributed by atoms with Crippen molar-refractivity contribution in [3.8, 4) is 0 Å². The molecule has 0 fully saturated rings. The molecule has 0 unspecified atom stereocenters. The number of nitrogens with one attached hydrogen (secondary N) is 1. The summed E-state index contributed by atoms with van der Waals surface area (Å²) >= 11 is 0. The fourth-order valence-electron chi connectivity index (χ4n) is 0.910. The van der Waals surface area contributed by atoms with E-state index in [1.54, 1.807) is 0 Å². The molecule has 0 saturated carbocycles. The van der Waals surface area contributed by atoms with Crippen LogP contribution in [0.25, 0.3) is 0 Å². The van der Waals surface area contributed by atoms with Gasteiger partial charge in [0.15, 0.2) is 6.33 Å². The van der Waals surface area contributed by atoms with Gasteiger partial charge in [0, 0.05) is 0 Å². The molecule has 11 heteroatoms. The summed E-state index contributed by atoms with van der Waals surface area (Å²) in [6, 6.07) is 0. The van der Waals surface area contributed by atoms with Crippen LogP contribution in [0.2, 0.25) is 0 Å². The van der Waals surface area contributed by atoms with Crippen LogP contribution in [0, 0.1) is 30.3 Å². The second-order valence-corrected chi connectivity index (χ2v) is 2.34. The van der Waals surface area contributed by atoms with Gasteiger partial charge in [-0.15, -0.1) is 0 Å². The lowest BCUT2D eigenvalue weighted by Crippen LogP contribution is -2.21. The van der Waals surface area contributed by atoms with E-state index in [0.717, 1.165) is 6.33 Å². The molecule has 0 aliphatic rings. The smallest absolute Gasteiger partial charge is 0.358 e. The highest BCUT2D eigenvalue weighted by Gasteiger charge is 2.43. The van der Waals surface area contributed by atoms with Crippen LogP contribution in [0.3, 0.4) is 0 Å². The lowest BCUT2D eigenvalue weighted by Gasteiger charge is -1.98. The van der Waals surface area contributed by atoms with E-state index in [9.17, 15) is 30.3 Å². The first-order valence-corrected chi connectivity index (χ1v) is 3.39. The molecule has 1 aromatic rings. The van der Waals surface area contributed by atoms with Crippen LogP contribution in [0.5, 0.6) is 0 Å². The Bertz CT molecular complexity index is 411. The van der Waals surface area contributed by atoms with Gasteiger partial charge in [0.25, 0.3) is 5.69 Å². The van der Waals surface area contributed by atoms with Crippen molar-refractivity contribution >= 4 is 5.82 Å². The molecule has 11 nitrogen and oxygen atoms in total.